The van der Waals surface area contributed by atoms with Crippen LogP contribution in [0.3, 0.4) is 0 Å². The number of hydrogen-bond acceptors (Lipinski definition) is 5. The summed E-state index contributed by atoms with van der Waals surface area (Å²) in [6, 6.07) is 16.4. The van der Waals surface area contributed by atoms with Crippen molar-refractivity contribution in [3.63, 3.8) is 0 Å². The molecular weight excluding hydrogens is 533 g/mol. The number of fused-ring (bicyclic) bond motifs is 1. The first-order valence-corrected chi connectivity index (χ1v) is 11.1. The standard InChI is InChI=1S/C24H31N5O3.HI/c1-25-24(26-11-9-19-7-8-21-22(17-19)32-18-31-21)27-12-10-23(30)29-15-13-28(14-16-29)20-5-3-2-4-6-20;/h2-8,17H,9-16,18H2,1H3,(H2,25,26,27);1H. The van der Waals surface area contributed by atoms with Gasteiger partial charge in [-0.3, -0.25) is 9.79 Å². The van der Waals surface area contributed by atoms with Gasteiger partial charge in [0.1, 0.15) is 0 Å². The summed E-state index contributed by atoms with van der Waals surface area (Å²) in [5.41, 5.74) is 2.39. The van der Waals surface area contributed by atoms with E-state index >= 15 is 0 Å². The van der Waals surface area contributed by atoms with Crippen LogP contribution in [0.4, 0.5) is 5.69 Å². The Labute approximate surface area is 212 Å². The Morgan fingerprint density at radius 2 is 1.70 bits per heavy atom. The molecule has 0 atom stereocenters. The molecular formula is C24H32IN5O3. The topological polar surface area (TPSA) is 78.4 Å². The predicted octanol–water partition coefficient (Wildman–Crippen LogP) is 2.48. The Bertz CT molecular complexity index is 933. The largest absolute Gasteiger partial charge is 0.454 e. The second-order valence-electron chi connectivity index (χ2n) is 7.82. The number of ether oxygens (including phenoxy) is 2. The number of carbonyl (C=O) groups excluding carboxylic acids is 1. The molecule has 1 fully saturated rings. The Morgan fingerprint density at radius 1 is 0.970 bits per heavy atom. The normalized spacial score (nSPS) is 15.1. The number of para-hydroxylation sites is 1. The highest BCUT2D eigenvalue weighted by atomic mass is 127. The molecule has 1 amide bonds. The molecule has 0 spiro atoms. The van der Waals surface area contributed by atoms with E-state index in [0.717, 1.165) is 50.6 Å². The molecule has 4 rings (SSSR count). The van der Waals surface area contributed by atoms with E-state index in [4.69, 9.17) is 9.47 Å². The van der Waals surface area contributed by atoms with Crippen molar-refractivity contribution in [2.75, 3.05) is 58.0 Å². The molecule has 9 heteroatoms. The number of amides is 1. The molecule has 178 valence electrons. The summed E-state index contributed by atoms with van der Waals surface area (Å²) >= 11 is 0. The van der Waals surface area contributed by atoms with Crippen LogP contribution in [0.15, 0.2) is 53.5 Å². The number of hydrogen-bond donors (Lipinski definition) is 2. The zero-order valence-corrected chi connectivity index (χ0v) is 21.3. The molecule has 2 aromatic rings. The molecule has 2 aliphatic heterocycles. The lowest BCUT2D eigenvalue weighted by molar-refractivity contribution is -0.131. The summed E-state index contributed by atoms with van der Waals surface area (Å²) in [6.07, 6.45) is 1.29. The van der Waals surface area contributed by atoms with Crippen molar-refractivity contribution in [2.45, 2.75) is 12.8 Å². The van der Waals surface area contributed by atoms with Crippen molar-refractivity contribution in [3.05, 3.63) is 54.1 Å². The first kappa shape index (κ1) is 24.9. The van der Waals surface area contributed by atoms with Gasteiger partial charge in [-0.1, -0.05) is 24.3 Å². The summed E-state index contributed by atoms with van der Waals surface area (Å²) in [6.45, 7) is 4.83. The second-order valence-corrected chi connectivity index (χ2v) is 7.82. The van der Waals surface area contributed by atoms with Gasteiger partial charge in [0, 0.05) is 58.4 Å². The number of carbonyl (C=O) groups is 1. The third-order valence-corrected chi connectivity index (χ3v) is 5.75. The van der Waals surface area contributed by atoms with Crippen LogP contribution < -0.4 is 25.0 Å². The van der Waals surface area contributed by atoms with Crippen LogP contribution in [-0.4, -0.2) is 69.9 Å². The highest BCUT2D eigenvalue weighted by Gasteiger charge is 2.21. The average Bonchev–Trinajstić information content (AvgIpc) is 3.31. The highest BCUT2D eigenvalue weighted by molar-refractivity contribution is 14.0. The molecule has 0 bridgehead atoms. The quantitative estimate of drug-likeness (QED) is 0.305. The monoisotopic (exact) mass is 565 g/mol. The maximum absolute atomic E-state index is 12.6. The van der Waals surface area contributed by atoms with Gasteiger partial charge in [-0.05, 0) is 36.2 Å². The molecule has 0 aromatic heterocycles. The summed E-state index contributed by atoms with van der Waals surface area (Å²) in [5.74, 6) is 2.48. The van der Waals surface area contributed by atoms with Gasteiger partial charge in [0.15, 0.2) is 17.5 Å². The number of piperazine rings is 1. The number of guanidine groups is 1. The fourth-order valence-corrected chi connectivity index (χ4v) is 3.94. The average molecular weight is 565 g/mol. The smallest absolute Gasteiger partial charge is 0.231 e. The maximum atomic E-state index is 12.6. The van der Waals surface area contributed by atoms with Crippen LogP contribution in [0.25, 0.3) is 0 Å². The number of nitrogens with one attached hydrogen (secondary N) is 2. The minimum Gasteiger partial charge on any atom is -0.454 e. The molecule has 2 N–H and O–H groups in total. The number of aliphatic imine (C=N–C) groups is 1. The summed E-state index contributed by atoms with van der Waals surface area (Å²) in [5, 5.41) is 6.54. The fraction of sp³-hybridized carbons (Fsp3) is 0.417. The molecule has 33 heavy (non-hydrogen) atoms. The van der Waals surface area contributed by atoms with Gasteiger partial charge in [0.05, 0.1) is 0 Å². The second kappa shape index (κ2) is 12.5. The molecule has 1 saturated heterocycles. The van der Waals surface area contributed by atoms with Crippen LogP contribution in [0.5, 0.6) is 11.5 Å². The van der Waals surface area contributed by atoms with Gasteiger partial charge in [-0.2, -0.15) is 0 Å². The van der Waals surface area contributed by atoms with Gasteiger partial charge in [-0.15, -0.1) is 24.0 Å². The minimum absolute atomic E-state index is 0. The predicted molar refractivity (Wildman–Crippen MR) is 141 cm³/mol. The summed E-state index contributed by atoms with van der Waals surface area (Å²) < 4.78 is 10.8. The van der Waals surface area contributed by atoms with Gasteiger partial charge in [-0.25, -0.2) is 0 Å². The first-order chi connectivity index (χ1) is 15.7. The fourth-order valence-electron chi connectivity index (χ4n) is 3.94. The van der Waals surface area contributed by atoms with Crippen molar-refractivity contribution in [2.24, 2.45) is 4.99 Å². The lowest BCUT2D eigenvalue weighted by atomic mass is 10.1. The van der Waals surface area contributed by atoms with Gasteiger partial charge >= 0.3 is 0 Å². The molecule has 0 saturated carbocycles. The number of halogens is 1. The third kappa shape index (κ3) is 6.89. The van der Waals surface area contributed by atoms with E-state index in [1.54, 1.807) is 7.05 Å². The molecule has 0 radical (unpaired) electrons. The number of nitrogens with zero attached hydrogens (tertiary/aromatic N) is 3. The van der Waals surface area contributed by atoms with E-state index in [9.17, 15) is 4.79 Å². The summed E-state index contributed by atoms with van der Waals surface area (Å²) in [4.78, 5) is 21.1. The van der Waals surface area contributed by atoms with Crippen molar-refractivity contribution in [1.29, 1.82) is 0 Å². The van der Waals surface area contributed by atoms with Crippen molar-refractivity contribution in [1.82, 2.24) is 15.5 Å². The zero-order valence-electron chi connectivity index (χ0n) is 19.0. The van der Waals surface area contributed by atoms with Crippen LogP contribution in [0.1, 0.15) is 12.0 Å². The molecule has 0 aliphatic carbocycles. The third-order valence-electron chi connectivity index (χ3n) is 5.75. The zero-order chi connectivity index (χ0) is 22.2. The Kier molecular flexibility index (Phi) is 9.47. The van der Waals surface area contributed by atoms with Crippen LogP contribution >= 0.6 is 24.0 Å². The van der Waals surface area contributed by atoms with E-state index in [1.165, 1.54) is 11.3 Å². The molecule has 2 aromatic carbocycles. The van der Waals surface area contributed by atoms with Crippen LogP contribution in [0.2, 0.25) is 0 Å². The van der Waals surface area contributed by atoms with Gasteiger partial charge in [0.2, 0.25) is 12.7 Å². The van der Waals surface area contributed by atoms with E-state index in [2.05, 4.69) is 44.8 Å². The Hall–Kier alpha value is -2.69. The number of anilines is 1. The van der Waals surface area contributed by atoms with Crippen molar-refractivity contribution >= 4 is 41.5 Å². The Balaban J connectivity index is 0.00000306. The Morgan fingerprint density at radius 3 is 2.45 bits per heavy atom. The maximum Gasteiger partial charge on any atom is 0.231 e. The lowest BCUT2D eigenvalue weighted by Crippen LogP contribution is -2.49. The summed E-state index contributed by atoms with van der Waals surface area (Å²) in [7, 11) is 1.74. The van der Waals surface area contributed by atoms with Crippen LogP contribution in [-0.2, 0) is 11.2 Å². The number of benzene rings is 2. The van der Waals surface area contributed by atoms with Crippen LogP contribution in [0, 0.1) is 0 Å². The molecule has 8 nitrogen and oxygen atoms in total. The van der Waals surface area contributed by atoms with Crippen molar-refractivity contribution in [3.8, 4) is 11.5 Å². The van der Waals surface area contributed by atoms with Gasteiger partial charge in [0.25, 0.3) is 0 Å². The van der Waals surface area contributed by atoms with Gasteiger partial charge < -0.3 is 29.9 Å². The molecule has 2 heterocycles. The minimum atomic E-state index is 0. The molecule has 2 aliphatic rings. The molecule has 0 unspecified atom stereocenters. The van der Waals surface area contributed by atoms with E-state index in [1.807, 2.05) is 29.2 Å². The van der Waals surface area contributed by atoms with E-state index < -0.39 is 0 Å². The van der Waals surface area contributed by atoms with Crippen molar-refractivity contribution < 1.29 is 14.3 Å². The lowest BCUT2D eigenvalue weighted by Gasteiger charge is -2.36. The highest BCUT2D eigenvalue weighted by Crippen LogP contribution is 2.32. The number of rotatable bonds is 7. The SMILES string of the molecule is CN=C(NCCC(=O)N1CCN(c2ccccc2)CC1)NCCc1ccc2c(c1)OCO2.I. The first-order valence-electron chi connectivity index (χ1n) is 11.1. The van der Waals surface area contributed by atoms with E-state index in [-0.39, 0.29) is 36.7 Å². The van der Waals surface area contributed by atoms with E-state index in [0.29, 0.717) is 18.9 Å².